The van der Waals surface area contributed by atoms with Crippen molar-refractivity contribution in [2.75, 3.05) is 36.6 Å². The highest BCUT2D eigenvalue weighted by Gasteiger charge is 2.12. The summed E-state index contributed by atoms with van der Waals surface area (Å²) in [6, 6.07) is 20.6. The van der Waals surface area contributed by atoms with E-state index in [4.69, 9.17) is 0 Å². The molecule has 4 N–H and O–H groups in total. The SMILES string of the molecule is CN(C)CC(=O)Nc1cccc(CC(O)Nc2nnc(CCCCc3ccc(NC(=O)Cc4ccccc4)nn3)s2)c1. The Morgan fingerprint density at radius 3 is 2.40 bits per heavy atom. The van der Waals surface area contributed by atoms with E-state index in [9.17, 15) is 14.7 Å². The maximum absolute atomic E-state index is 12.2. The molecule has 0 aliphatic heterocycles. The van der Waals surface area contributed by atoms with Crippen LogP contribution >= 0.6 is 11.3 Å². The van der Waals surface area contributed by atoms with Crippen LogP contribution in [-0.2, 0) is 35.3 Å². The summed E-state index contributed by atoms with van der Waals surface area (Å²) in [6.07, 6.45) is 3.14. The number of carbonyl (C=O) groups is 2. The number of aromatic nitrogens is 4. The number of likely N-dealkylation sites (N-methyl/N-ethyl adjacent to an activating group) is 1. The molecule has 0 saturated carbocycles. The number of carbonyl (C=O) groups excluding carboxylic acids is 2. The number of nitrogens with zero attached hydrogens (tertiary/aromatic N) is 5. The van der Waals surface area contributed by atoms with Crippen LogP contribution in [0.5, 0.6) is 0 Å². The second-order valence-corrected chi connectivity index (χ2v) is 11.2. The van der Waals surface area contributed by atoms with E-state index in [2.05, 4.69) is 36.3 Å². The average Bonchev–Trinajstić information content (AvgIpc) is 3.39. The number of benzene rings is 2. The highest BCUT2D eigenvalue weighted by molar-refractivity contribution is 7.15. The van der Waals surface area contributed by atoms with Crippen LogP contribution < -0.4 is 16.0 Å². The predicted molar refractivity (Wildman–Crippen MR) is 164 cm³/mol. The summed E-state index contributed by atoms with van der Waals surface area (Å²) in [5.41, 5.74) is 3.38. The predicted octanol–water partition coefficient (Wildman–Crippen LogP) is 3.55. The van der Waals surface area contributed by atoms with Gasteiger partial charge in [-0.25, -0.2) is 0 Å². The van der Waals surface area contributed by atoms with Gasteiger partial charge in [-0.05, 0) is 68.8 Å². The molecule has 12 heteroatoms. The summed E-state index contributed by atoms with van der Waals surface area (Å²) in [5, 5.41) is 37.4. The highest BCUT2D eigenvalue weighted by atomic mass is 32.1. The first-order valence-electron chi connectivity index (χ1n) is 13.8. The largest absolute Gasteiger partial charge is 0.373 e. The normalized spacial score (nSPS) is 11.7. The molecule has 0 radical (unpaired) electrons. The minimum absolute atomic E-state index is 0.0943. The van der Waals surface area contributed by atoms with Gasteiger partial charge in [0.05, 0.1) is 18.7 Å². The number of hydrogen-bond donors (Lipinski definition) is 4. The third kappa shape index (κ3) is 10.6. The monoisotopic (exact) mass is 588 g/mol. The minimum Gasteiger partial charge on any atom is -0.373 e. The van der Waals surface area contributed by atoms with Crippen LogP contribution in [0.4, 0.5) is 16.6 Å². The molecule has 0 fully saturated rings. The van der Waals surface area contributed by atoms with Crippen LogP contribution in [0.3, 0.4) is 0 Å². The molecule has 4 rings (SSSR count). The summed E-state index contributed by atoms with van der Waals surface area (Å²) in [6.45, 7) is 0.297. The molecule has 0 spiro atoms. The van der Waals surface area contributed by atoms with Gasteiger partial charge in [0.25, 0.3) is 0 Å². The van der Waals surface area contributed by atoms with Crippen molar-refractivity contribution in [3.63, 3.8) is 0 Å². The van der Waals surface area contributed by atoms with Crippen molar-refractivity contribution in [2.45, 2.75) is 44.8 Å². The lowest BCUT2D eigenvalue weighted by atomic mass is 10.1. The van der Waals surface area contributed by atoms with Crippen molar-refractivity contribution < 1.29 is 14.7 Å². The van der Waals surface area contributed by atoms with Crippen molar-refractivity contribution >= 4 is 39.8 Å². The van der Waals surface area contributed by atoms with Crippen molar-refractivity contribution in [1.82, 2.24) is 25.3 Å². The van der Waals surface area contributed by atoms with Gasteiger partial charge in [0.1, 0.15) is 11.2 Å². The molecule has 2 aromatic carbocycles. The molecular weight excluding hydrogens is 552 g/mol. The number of aryl methyl sites for hydroxylation is 2. The van der Waals surface area contributed by atoms with Crippen LogP contribution in [0, 0.1) is 0 Å². The van der Waals surface area contributed by atoms with Crippen LogP contribution in [-0.4, -0.2) is 69.1 Å². The Kier molecular flexibility index (Phi) is 11.4. The minimum atomic E-state index is -0.844. The summed E-state index contributed by atoms with van der Waals surface area (Å²) >= 11 is 1.42. The number of anilines is 3. The Hall–Kier alpha value is -4.26. The lowest BCUT2D eigenvalue weighted by Gasteiger charge is -2.13. The molecule has 0 aliphatic carbocycles. The molecule has 0 bridgehead atoms. The third-order valence-electron chi connectivity index (χ3n) is 6.12. The lowest BCUT2D eigenvalue weighted by Crippen LogP contribution is -2.27. The fourth-order valence-electron chi connectivity index (χ4n) is 4.20. The Morgan fingerprint density at radius 2 is 1.64 bits per heavy atom. The van der Waals surface area contributed by atoms with Crippen LogP contribution in [0.2, 0.25) is 0 Å². The Bertz CT molecular complexity index is 1430. The van der Waals surface area contributed by atoms with E-state index in [1.807, 2.05) is 74.8 Å². The number of unbranched alkanes of at least 4 members (excludes halogenated alkanes) is 1. The zero-order valence-corrected chi connectivity index (χ0v) is 24.6. The number of nitrogens with one attached hydrogen (secondary N) is 3. The molecule has 0 aliphatic rings. The molecule has 2 amide bonds. The van der Waals surface area contributed by atoms with Gasteiger partial charge in [0.15, 0.2) is 5.82 Å². The summed E-state index contributed by atoms with van der Waals surface area (Å²) in [4.78, 5) is 26.0. The van der Waals surface area contributed by atoms with Gasteiger partial charge in [-0.3, -0.25) is 9.59 Å². The fourth-order valence-corrected chi connectivity index (χ4v) is 5.03. The number of rotatable bonds is 15. The lowest BCUT2D eigenvalue weighted by molar-refractivity contribution is -0.117. The fraction of sp³-hybridized carbons (Fsp3) is 0.333. The molecule has 1 atom stereocenters. The summed E-state index contributed by atoms with van der Waals surface area (Å²) in [5.74, 6) is 0.218. The molecule has 1 unspecified atom stereocenters. The molecule has 0 saturated heterocycles. The standard InChI is InChI=1S/C30H36N8O3S/c1-38(2)20-28(41)31-24-13-8-11-22(17-24)19-27(40)33-30-37-36-29(42-30)14-7-6-12-23-15-16-25(35-34-23)32-26(39)18-21-9-4-3-5-10-21/h3-5,8-11,13,15-17,27,40H,6-7,12,14,18-20H2,1-2H3,(H,31,41)(H,33,37)(H,32,35,39). The van der Waals surface area contributed by atoms with Gasteiger partial charge in [-0.1, -0.05) is 53.8 Å². The second kappa shape index (κ2) is 15.7. The number of aliphatic hydroxyl groups excluding tert-OH is 1. The Balaban J connectivity index is 1.14. The Morgan fingerprint density at radius 1 is 0.857 bits per heavy atom. The summed E-state index contributed by atoms with van der Waals surface area (Å²) < 4.78 is 0. The van der Waals surface area contributed by atoms with Crippen molar-refractivity contribution in [1.29, 1.82) is 0 Å². The van der Waals surface area contributed by atoms with Crippen LogP contribution in [0.1, 0.15) is 34.7 Å². The average molecular weight is 589 g/mol. The first-order chi connectivity index (χ1) is 20.3. The topological polar surface area (TPSA) is 145 Å². The molecule has 2 aromatic heterocycles. The van der Waals surface area contributed by atoms with Gasteiger partial charge in [0.2, 0.25) is 16.9 Å². The third-order valence-corrected chi connectivity index (χ3v) is 7.04. The van der Waals surface area contributed by atoms with Gasteiger partial charge in [-0.15, -0.1) is 15.3 Å². The molecule has 2 heterocycles. The van der Waals surface area contributed by atoms with E-state index in [-0.39, 0.29) is 11.8 Å². The van der Waals surface area contributed by atoms with E-state index in [0.29, 0.717) is 36.0 Å². The number of aliphatic hydroxyl groups is 1. The quantitative estimate of drug-likeness (QED) is 0.121. The zero-order valence-electron chi connectivity index (χ0n) is 23.8. The smallest absolute Gasteiger partial charge is 0.238 e. The van der Waals surface area contributed by atoms with Gasteiger partial charge in [0, 0.05) is 18.5 Å². The number of amides is 2. The first kappa shape index (κ1) is 30.7. The van der Waals surface area contributed by atoms with E-state index in [1.165, 1.54) is 11.3 Å². The van der Waals surface area contributed by atoms with E-state index < -0.39 is 6.23 Å². The molecule has 11 nitrogen and oxygen atoms in total. The molecule has 4 aromatic rings. The van der Waals surface area contributed by atoms with Crippen LogP contribution in [0.15, 0.2) is 66.7 Å². The van der Waals surface area contributed by atoms with E-state index in [1.54, 1.807) is 11.0 Å². The van der Waals surface area contributed by atoms with Gasteiger partial charge >= 0.3 is 0 Å². The number of hydrogen-bond acceptors (Lipinski definition) is 10. The van der Waals surface area contributed by atoms with Crippen molar-refractivity contribution in [3.05, 3.63) is 88.6 Å². The Labute approximate surface area is 249 Å². The molecule has 220 valence electrons. The highest BCUT2D eigenvalue weighted by Crippen LogP contribution is 2.20. The summed E-state index contributed by atoms with van der Waals surface area (Å²) in [7, 11) is 3.68. The zero-order chi connectivity index (χ0) is 29.7. The second-order valence-electron chi connectivity index (χ2n) is 10.2. The maximum Gasteiger partial charge on any atom is 0.238 e. The van der Waals surface area contributed by atoms with Crippen LogP contribution in [0.25, 0.3) is 0 Å². The van der Waals surface area contributed by atoms with Crippen molar-refractivity contribution in [2.24, 2.45) is 0 Å². The first-order valence-corrected chi connectivity index (χ1v) is 14.6. The maximum atomic E-state index is 12.2. The van der Waals surface area contributed by atoms with Gasteiger partial charge in [-0.2, -0.15) is 5.10 Å². The molecule has 42 heavy (non-hydrogen) atoms. The van der Waals surface area contributed by atoms with Gasteiger partial charge < -0.3 is 26.0 Å². The van der Waals surface area contributed by atoms with Crippen molar-refractivity contribution in [3.8, 4) is 0 Å². The molecular formula is C30H36N8O3S. The van der Waals surface area contributed by atoms with E-state index >= 15 is 0 Å². The van der Waals surface area contributed by atoms with E-state index in [0.717, 1.165) is 47.5 Å².